The van der Waals surface area contributed by atoms with E-state index in [1.807, 2.05) is 61.0 Å². The van der Waals surface area contributed by atoms with Crippen molar-refractivity contribution in [3.63, 3.8) is 0 Å². The van der Waals surface area contributed by atoms with E-state index in [2.05, 4.69) is 5.32 Å². The largest absolute Gasteiger partial charge is 0.321 e. The quantitative estimate of drug-likeness (QED) is 0.847. The van der Waals surface area contributed by atoms with Gasteiger partial charge in [0, 0.05) is 9.79 Å². The topological polar surface area (TPSA) is 29.1 Å². The highest BCUT2D eigenvalue weighted by Gasteiger charge is 2.11. The summed E-state index contributed by atoms with van der Waals surface area (Å²) >= 11 is 3.20. The highest BCUT2D eigenvalue weighted by Crippen LogP contribution is 2.26. The molecule has 0 aliphatic rings. The van der Waals surface area contributed by atoms with Crippen molar-refractivity contribution in [2.45, 2.75) is 9.79 Å². The highest BCUT2D eigenvalue weighted by atomic mass is 32.2. The lowest BCUT2D eigenvalue weighted by atomic mass is 10.2. The summed E-state index contributed by atoms with van der Waals surface area (Å²) in [4.78, 5) is 14.4. The molecule has 98 valence electrons. The standard InChI is InChI=1S/C15H15NOS2/c1-18-13-9-5-3-7-11(13)15(17)16-12-8-4-6-10-14(12)19-2/h3-10H,1-2H3,(H,16,17). The fraction of sp³-hybridized carbons (Fsp3) is 0.133. The normalized spacial score (nSPS) is 10.2. The molecular weight excluding hydrogens is 274 g/mol. The van der Waals surface area contributed by atoms with Crippen molar-refractivity contribution in [2.24, 2.45) is 0 Å². The molecule has 4 heteroatoms. The summed E-state index contributed by atoms with van der Waals surface area (Å²) in [6.07, 6.45) is 3.97. The van der Waals surface area contributed by atoms with Gasteiger partial charge in [-0.1, -0.05) is 24.3 Å². The number of para-hydroxylation sites is 1. The first-order valence-electron chi connectivity index (χ1n) is 5.83. The molecule has 0 saturated heterocycles. The molecule has 19 heavy (non-hydrogen) atoms. The molecule has 0 aliphatic heterocycles. The molecule has 0 atom stereocenters. The number of anilines is 1. The van der Waals surface area contributed by atoms with Crippen molar-refractivity contribution in [1.29, 1.82) is 0 Å². The van der Waals surface area contributed by atoms with Crippen LogP contribution in [-0.2, 0) is 0 Å². The molecule has 0 saturated carbocycles. The molecule has 0 bridgehead atoms. The van der Waals surface area contributed by atoms with E-state index in [-0.39, 0.29) is 5.91 Å². The van der Waals surface area contributed by atoms with E-state index >= 15 is 0 Å². The third kappa shape index (κ3) is 3.33. The Balaban J connectivity index is 2.26. The lowest BCUT2D eigenvalue weighted by molar-refractivity contribution is 0.102. The van der Waals surface area contributed by atoms with Crippen molar-refractivity contribution >= 4 is 35.1 Å². The smallest absolute Gasteiger partial charge is 0.256 e. The molecule has 0 radical (unpaired) electrons. The van der Waals surface area contributed by atoms with E-state index in [0.29, 0.717) is 5.56 Å². The van der Waals surface area contributed by atoms with Gasteiger partial charge in [0.05, 0.1) is 11.3 Å². The average Bonchev–Trinajstić information content (AvgIpc) is 2.47. The van der Waals surface area contributed by atoms with Gasteiger partial charge in [-0.15, -0.1) is 23.5 Å². The first-order valence-corrected chi connectivity index (χ1v) is 8.28. The zero-order valence-corrected chi connectivity index (χ0v) is 12.5. The van der Waals surface area contributed by atoms with Crippen LogP contribution >= 0.6 is 23.5 Å². The maximum atomic E-state index is 12.3. The van der Waals surface area contributed by atoms with Crippen LogP contribution in [0.3, 0.4) is 0 Å². The number of rotatable bonds is 4. The number of benzene rings is 2. The van der Waals surface area contributed by atoms with Crippen LogP contribution in [0.4, 0.5) is 5.69 Å². The second-order valence-electron chi connectivity index (χ2n) is 3.85. The number of nitrogens with one attached hydrogen (secondary N) is 1. The lowest BCUT2D eigenvalue weighted by Gasteiger charge is -2.11. The number of carbonyl (C=O) groups is 1. The van der Waals surface area contributed by atoms with Crippen LogP contribution in [-0.4, -0.2) is 18.4 Å². The number of thioether (sulfide) groups is 2. The van der Waals surface area contributed by atoms with Crippen LogP contribution in [0.15, 0.2) is 58.3 Å². The average molecular weight is 289 g/mol. The van der Waals surface area contributed by atoms with Crippen LogP contribution in [0.5, 0.6) is 0 Å². The Morgan fingerprint density at radius 3 is 2.16 bits per heavy atom. The molecule has 1 N–H and O–H groups in total. The summed E-state index contributed by atoms with van der Waals surface area (Å²) in [6, 6.07) is 15.5. The molecule has 0 aliphatic carbocycles. The van der Waals surface area contributed by atoms with Gasteiger partial charge in [-0.3, -0.25) is 4.79 Å². The van der Waals surface area contributed by atoms with E-state index in [4.69, 9.17) is 0 Å². The number of hydrogen-bond acceptors (Lipinski definition) is 3. The van der Waals surface area contributed by atoms with Crippen molar-refractivity contribution in [1.82, 2.24) is 0 Å². The van der Waals surface area contributed by atoms with Gasteiger partial charge in [-0.2, -0.15) is 0 Å². The number of amides is 1. The van der Waals surface area contributed by atoms with Crippen LogP contribution < -0.4 is 5.32 Å². The summed E-state index contributed by atoms with van der Waals surface area (Å²) < 4.78 is 0. The van der Waals surface area contributed by atoms with E-state index in [0.717, 1.165) is 15.5 Å². The predicted octanol–water partition coefficient (Wildman–Crippen LogP) is 4.38. The predicted molar refractivity (Wildman–Crippen MR) is 84.4 cm³/mol. The van der Waals surface area contributed by atoms with Gasteiger partial charge >= 0.3 is 0 Å². The zero-order chi connectivity index (χ0) is 13.7. The molecule has 0 spiro atoms. The second-order valence-corrected chi connectivity index (χ2v) is 5.55. The van der Waals surface area contributed by atoms with Gasteiger partial charge < -0.3 is 5.32 Å². The Morgan fingerprint density at radius 2 is 1.47 bits per heavy atom. The maximum Gasteiger partial charge on any atom is 0.256 e. The summed E-state index contributed by atoms with van der Waals surface area (Å²) in [5, 5.41) is 2.98. The first kappa shape index (κ1) is 14.0. The van der Waals surface area contributed by atoms with E-state index in [1.165, 1.54) is 0 Å². The van der Waals surface area contributed by atoms with Crippen molar-refractivity contribution in [3.8, 4) is 0 Å². The minimum Gasteiger partial charge on any atom is -0.321 e. The van der Waals surface area contributed by atoms with Crippen LogP contribution in [0, 0.1) is 0 Å². The Bertz CT molecular complexity index is 584. The highest BCUT2D eigenvalue weighted by molar-refractivity contribution is 7.99. The van der Waals surface area contributed by atoms with Gasteiger partial charge in [-0.05, 0) is 36.8 Å². The van der Waals surface area contributed by atoms with Crippen molar-refractivity contribution in [3.05, 3.63) is 54.1 Å². The van der Waals surface area contributed by atoms with Gasteiger partial charge in [0.1, 0.15) is 0 Å². The minimum atomic E-state index is -0.0635. The van der Waals surface area contributed by atoms with E-state index in [1.54, 1.807) is 23.5 Å². The van der Waals surface area contributed by atoms with Gasteiger partial charge in [-0.25, -0.2) is 0 Å². The number of carbonyl (C=O) groups excluding carboxylic acids is 1. The number of hydrogen-bond donors (Lipinski definition) is 1. The Hall–Kier alpha value is -1.39. The van der Waals surface area contributed by atoms with Gasteiger partial charge in [0.25, 0.3) is 5.91 Å². The fourth-order valence-electron chi connectivity index (χ4n) is 1.77. The van der Waals surface area contributed by atoms with Gasteiger partial charge in [0.2, 0.25) is 0 Å². The summed E-state index contributed by atoms with van der Waals surface area (Å²) in [7, 11) is 0. The Kier molecular flexibility index (Phi) is 4.93. The van der Waals surface area contributed by atoms with E-state index in [9.17, 15) is 4.79 Å². The molecule has 2 nitrogen and oxygen atoms in total. The second kappa shape index (κ2) is 6.68. The van der Waals surface area contributed by atoms with Crippen molar-refractivity contribution < 1.29 is 4.79 Å². The Labute approximate surface area is 122 Å². The molecule has 1 amide bonds. The third-order valence-electron chi connectivity index (χ3n) is 2.71. The summed E-state index contributed by atoms with van der Waals surface area (Å²) in [6.45, 7) is 0. The van der Waals surface area contributed by atoms with Crippen LogP contribution in [0.25, 0.3) is 0 Å². The van der Waals surface area contributed by atoms with Crippen LogP contribution in [0.2, 0.25) is 0 Å². The Morgan fingerprint density at radius 1 is 0.895 bits per heavy atom. The molecular formula is C15H15NOS2. The molecule has 0 aromatic heterocycles. The molecule has 0 unspecified atom stereocenters. The molecule has 2 aromatic carbocycles. The monoisotopic (exact) mass is 289 g/mol. The molecule has 2 aromatic rings. The summed E-state index contributed by atoms with van der Waals surface area (Å²) in [5.41, 5.74) is 1.57. The lowest BCUT2D eigenvalue weighted by Crippen LogP contribution is -2.13. The van der Waals surface area contributed by atoms with Crippen LogP contribution in [0.1, 0.15) is 10.4 Å². The minimum absolute atomic E-state index is 0.0635. The zero-order valence-electron chi connectivity index (χ0n) is 10.8. The molecule has 0 heterocycles. The fourth-order valence-corrected chi connectivity index (χ4v) is 2.92. The summed E-state index contributed by atoms with van der Waals surface area (Å²) in [5.74, 6) is -0.0635. The SMILES string of the molecule is CSc1ccccc1NC(=O)c1ccccc1SC. The van der Waals surface area contributed by atoms with Crippen molar-refractivity contribution in [2.75, 3.05) is 17.8 Å². The van der Waals surface area contributed by atoms with E-state index < -0.39 is 0 Å². The van der Waals surface area contributed by atoms with Gasteiger partial charge in [0.15, 0.2) is 0 Å². The third-order valence-corrected chi connectivity index (χ3v) is 4.30. The molecule has 0 fully saturated rings. The first-order chi connectivity index (χ1) is 9.26. The molecule has 2 rings (SSSR count). The maximum absolute atomic E-state index is 12.3.